The molecule has 3 nitrogen and oxygen atoms in total. The van der Waals surface area contributed by atoms with Crippen LogP contribution in [0.5, 0.6) is 0 Å². The molecule has 0 radical (unpaired) electrons. The van der Waals surface area contributed by atoms with Gasteiger partial charge in [-0.3, -0.25) is 0 Å². The summed E-state index contributed by atoms with van der Waals surface area (Å²) in [6, 6.07) is 0. The summed E-state index contributed by atoms with van der Waals surface area (Å²) in [7, 11) is -2.87. The Bertz CT molecular complexity index is 328. The normalized spacial score (nSPS) is 24.1. The third-order valence-electron chi connectivity index (χ3n) is 2.10. The average Bonchev–Trinajstić information content (AvgIpc) is 2.41. The van der Waals surface area contributed by atoms with E-state index < -0.39 is 10.0 Å². The Labute approximate surface area is 82.4 Å². The van der Waals surface area contributed by atoms with Gasteiger partial charge in [-0.25, -0.2) is 12.7 Å². The van der Waals surface area contributed by atoms with Crippen LogP contribution in [-0.4, -0.2) is 48.6 Å². The fraction of sp³-hybridized carbons (Fsp3) is 0.750. The second kappa shape index (κ2) is 4.42. The minimum atomic E-state index is -2.90. The van der Waals surface area contributed by atoms with Crippen molar-refractivity contribution < 1.29 is 8.42 Å². The van der Waals surface area contributed by atoms with E-state index in [0.29, 0.717) is 18.8 Å². The first-order valence-corrected chi connectivity index (χ1v) is 7.60. The molecule has 0 spiro atoms. The van der Waals surface area contributed by atoms with Crippen LogP contribution in [0.3, 0.4) is 0 Å². The second-order valence-corrected chi connectivity index (χ2v) is 7.11. The van der Waals surface area contributed by atoms with Crippen molar-refractivity contribution in [1.82, 2.24) is 4.31 Å². The maximum absolute atomic E-state index is 11.4. The quantitative estimate of drug-likeness (QED) is 0.651. The molecule has 0 aromatic carbocycles. The smallest absolute Gasteiger partial charge is 0.212 e. The van der Waals surface area contributed by atoms with E-state index in [4.69, 9.17) is 0 Å². The molecule has 1 saturated heterocycles. The summed E-state index contributed by atoms with van der Waals surface area (Å²) in [5.41, 5.74) is 0. The maximum Gasteiger partial charge on any atom is 0.214 e. The van der Waals surface area contributed by atoms with Gasteiger partial charge in [0.1, 0.15) is 0 Å². The van der Waals surface area contributed by atoms with E-state index in [2.05, 4.69) is 11.6 Å². The molecule has 1 rings (SSSR count). The highest BCUT2D eigenvalue weighted by molar-refractivity contribution is 8.14. The van der Waals surface area contributed by atoms with Crippen LogP contribution in [0.15, 0.2) is 6.58 Å². The van der Waals surface area contributed by atoms with Crippen LogP contribution in [0.4, 0.5) is 0 Å². The molecule has 0 aromatic rings. The molecule has 76 valence electrons. The molecule has 1 aliphatic heterocycles. The molecule has 1 atom stereocenters. The number of nitrogens with zero attached hydrogens (tertiary/aromatic N) is 1. The van der Waals surface area contributed by atoms with Crippen LogP contribution in [0.25, 0.3) is 0 Å². The van der Waals surface area contributed by atoms with Gasteiger partial charge in [0.25, 0.3) is 0 Å². The first kappa shape index (κ1) is 11.0. The van der Waals surface area contributed by atoms with E-state index in [0.717, 1.165) is 12.2 Å². The highest BCUT2D eigenvalue weighted by atomic mass is 32.2. The fourth-order valence-electron chi connectivity index (χ4n) is 1.25. The van der Waals surface area contributed by atoms with Gasteiger partial charge in [-0.2, -0.15) is 0 Å². The predicted octanol–water partition coefficient (Wildman–Crippen LogP) is 0.508. The van der Waals surface area contributed by atoms with Crippen molar-refractivity contribution in [2.45, 2.75) is 6.42 Å². The Hall–Kier alpha value is -0.0900. The van der Waals surface area contributed by atoms with Crippen molar-refractivity contribution in [2.24, 2.45) is 0 Å². The maximum atomic E-state index is 11.4. The average molecular weight is 221 g/mol. The third-order valence-corrected chi connectivity index (χ3v) is 5.34. The van der Waals surface area contributed by atoms with Crippen LogP contribution in [0, 0.1) is 0 Å². The van der Waals surface area contributed by atoms with Gasteiger partial charge in [0.05, 0.1) is 5.75 Å². The molecule has 0 aliphatic carbocycles. The molecule has 13 heavy (non-hydrogen) atoms. The van der Waals surface area contributed by atoms with Crippen LogP contribution in [-0.2, 0) is 10.0 Å². The Morgan fingerprint density at radius 3 is 2.77 bits per heavy atom. The molecule has 1 unspecified atom stereocenters. The summed E-state index contributed by atoms with van der Waals surface area (Å²) >= 11 is 0. The van der Waals surface area contributed by atoms with Crippen molar-refractivity contribution in [2.75, 3.05) is 30.9 Å². The first-order chi connectivity index (χ1) is 6.06. The SMILES string of the molecule is C=C=S(C)CCN1CCCS1(=O)=O. The molecule has 1 fully saturated rings. The summed E-state index contributed by atoms with van der Waals surface area (Å²) in [5, 5.41) is 2.87. The number of hydrogen-bond acceptors (Lipinski definition) is 2. The zero-order valence-corrected chi connectivity index (χ0v) is 9.46. The molecule has 0 saturated carbocycles. The molecule has 0 amide bonds. The van der Waals surface area contributed by atoms with E-state index in [1.807, 2.05) is 6.26 Å². The van der Waals surface area contributed by atoms with Crippen LogP contribution in [0.2, 0.25) is 0 Å². The van der Waals surface area contributed by atoms with E-state index in [-0.39, 0.29) is 10.5 Å². The number of hydrogen-bond donors (Lipinski definition) is 0. The lowest BCUT2D eigenvalue weighted by molar-refractivity contribution is 0.465. The second-order valence-electron chi connectivity index (χ2n) is 3.05. The molecule has 5 heteroatoms. The summed E-state index contributed by atoms with van der Waals surface area (Å²) in [4.78, 5) is 0. The van der Waals surface area contributed by atoms with Gasteiger partial charge >= 0.3 is 0 Å². The van der Waals surface area contributed by atoms with Gasteiger partial charge in [0.15, 0.2) is 0 Å². The summed E-state index contributed by atoms with van der Waals surface area (Å²) in [5.74, 6) is 1.17. The predicted molar refractivity (Wildman–Crippen MR) is 59.0 cm³/mol. The van der Waals surface area contributed by atoms with Gasteiger partial charge in [0, 0.05) is 18.8 Å². The summed E-state index contributed by atoms with van der Waals surface area (Å²) in [6.07, 6.45) is 2.80. The molecule has 1 aliphatic rings. The largest absolute Gasteiger partial charge is 0.214 e. The van der Waals surface area contributed by atoms with E-state index >= 15 is 0 Å². The van der Waals surface area contributed by atoms with Crippen molar-refractivity contribution in [3.05, 3.63) is 6.58 Å². The summed E-state index contributed by atoms with van der Waals surface area (Å²) < 4.78 is 24.3. The highest BCUT2D eigenvalue weighted by Gasteiger charge is 2.27. The van der Waals surface area contributed by atoms with Gasteiger partial charge in [0.2, 0.25) is 10.0 Å². The Kier molecular flexibility index (Phi) is 3.74. The van der Waals surface area contributed by atoms with Crippen LogP contribution >= 0.6 is 10.5 Å². The molecule has 0 bridgehead atoms. The van der Waals surface area contributed by atoms with Crippen molar-refractivity contribution in [3.63, 3.8) is 0 Å². The Morgan fingerprint density at radius 2 is 2.31 bits per heavy atom. The molecule has 1 heterocycles. The van der Waals surface area contributed by atoms with Gasteiger partial charge in [-0.05, 0) is 12.7 Å². The van der Waals surface area contributed by atoms with Crippen molar-refractivity contribution in [3.8, 4) is 0 Å². The third kappa shape index (κ3) is 2.95. The minimum absolute atomic E-state index is 0.0266. The topological polar surface area (TPSA) is 37.4 Å². The monoisotopic (exact) mass is 221 g/mol. The molecular formula is C8H15NO2S2. The molecular weight excluding hydrogens is 206 g/mol. The Balaban J connectivity index is 2.51. The van der Waals surface area contributed by atoms with Crippen molar-refractivity contribution >= 4 is 25.5 Å². The van der Waals surface area contributed by atoms with E-state index in [1.54, 1.807) is 4.31 Å². The van der Waals surface area contributed by atoms with Crippen molar-refractivity contribution in [1.29, 1.82) is 0 Å². The first-order valence-electron chi connectivity index (χ1n) is 4.19. The lowest BCUT2D eigenvalue weighted by Crippen LogP contribution is -2.28. The van der Waals surface area contributed by atoms with Gasteiger partial charge < -0.3 is 0 Å². The van der Waals surface area contributed by atoms with E-state index in [9.17, 15) is 8.42 Å². The molecule has 0 N–H and O–H groups in total. The number of sulfonamides is 1. The van der Waals surface area contributed by atoms with Crippen LogP contribution in [0.1, 0.15) is 6.42 Å². The summed E-state index contributed by atoms with van der Waals surface area (Å²) in [6.45, 7) is 4.88. The van der Waals surface area contributed by atoms with Gasteiger partial charge in [-0.1, -0.05) is 11.6 Å². The fourth-order valence-corrected chi connectivity index (χ4v) is 3.54. The standard InChI is InChI=1S/C8H15NO2S2/c1-3-12(2)7-6-9-5-4-8-13(9,10)11/h1,4-8H2,2H3. The highest BCUT2D eigenvalue weighted by Crippen LogP contribution is 2.14. The zero-order chi connectivity index (χ0) is 9.90. The zero-order valence-electron chi connectivity index (χ0n) is 7.82. The number of rotatable bonds is 3. The molecule has 0 aromatic heterocycles. The van der Waals surface area contributed by atoms with E-state index in [1.165, 1.54) is 0 Å². The lowest BCUT2D eigenvalue weighted by Gasteiger charge is -2.13. The lowest BCUT2D eigenvalue weighted by atomic mass is 10.5. The minimum Gasteiger partial charge on any atom is -0.212 e. The Morgan fingerprint density at radius 1 is 1.62 bits per heavy atom. The van der Waals surface area contributed by atoms with Gasteiger partial charge in [-0.15, -0.1) is 10.5 Å². The van der Waals surface area contributed by atoms with Crippen LogP contribution < -0.4 is 0 Å².